The van der Waals surface area contributed by atoms with E-state index in [-0.39, 0.29) is 13.2 Å². The zero-order chi connectivity index (χ0) is 21.6. The van der Waals surface area contributed by atoms with Crippen molar-refractivity contribution < 1.29 is 19.1 Å². The molecule has 0 atom stereocenters. The van der Waals surface area contributed by atoms with Crippen molar-refractivity contribution in [2.45, 2.75) is 51.4 Å². The Balaban J connectivity index is 1.52. The van der Waals surface area contributed by atoms with Gasteiger partial charge in [0.25, 0.3) is 0 Å². The maximum absolute atomic E-state index is 11.7. The van der Waals surface area contributed by atoms with Gasteiger partial charge in [-0.15, -0.1) is 22.7 Å². The van der Waals surface area contributed by atoms with E-state index in [4.69, 9.17) is 9.47 Å². The summed E-state index contributed by atoms with van der Waals surface area (Å²) in [6.45, 7) is 7.46. The molecule has 2 aromatic heterocycles. The summed E-state index contributed by atoms with van der Waals surface area (Å²) >= 11 is 3.02. The second kappa shape index (κ2) is 13.8. The van der Waals surface area contributed by atoms with Gasteiger partial charge in [-0.3, -0.25) is 0 Å². The maximum Gasteiger partial charge on any atom is 0.358 e. The molecule has 0 saturated heterocycles. The van der Waals surface area contributed by atoms with Gasteiger partial charge in [-0.05, 0) is 25.7 Å². The summed E-state index contributed by atoms with van der Waals surface area (Å²) in [6, 6.07) is 0. The van der Waals surface area contributed by atoms with Crippen molar-refractivity contribution in [3.05, 3.63) is 57.5 Å². The molecule has 0 fully saturated rings. The average Bonchev–Trinajstić information content (AvgIpc) is 3.42. The molecule has 0 aliphatic rings. The van der Waals surface area contributed by atoms with E-state index in [1.54, 1.807) is 22.9 Å². The van der Waals surface area contributed by atoms with Gasteiger partial charge in [0.05, 0.1) is 10.0 Å². The minimum absolute atomic E-state index is 0.206. The highest BCUT2D eigenvalue weighted by Crippen LogP contribution is 2.17. The first-order chi connectivity index (χ1) is 14.6. The van der Waals surface area contributed by atoms with E-state index in [0.717, 1.165) is 48.5 Å². The quantitative estimate of drug-likeness (QED) is 0.206. The summed E-state index contributed by atoms with van der Waals surface area (Å²) in [6.07, 6.45) is 11.6. The predicted molar refractivity (Wildman–Crippen MR) is 120 cm³/mol. The van der Waals surface area contributed by atoms with E-state index in [2.05, 4.69) is 23.1 Å². The van der Waals surface area contributed by atoms with Crippen LogP contribution < -0.4 is 0 Å². The number of carbonyl (C=O) groups is 2. The molecule has 0 aliphatic carbocycles. The second-order valence-corrected chi connectivity index (χ2v) is 8.53. The maximum atomic E-state index is 11.7. The number of ether oxygens (including phenoxy) is 2. The lowest BCUT2D eigenvalue weighted by Crippen LogP contribution is -2.05. The minimum Gasteiger partial charge on any atom is -0.457 e. The number of nitrogens with zero attached hydrogens (tertiary/aromatic N) is 2. The lowest BCUT2D eigenvalue weighted by molar-refractivity contribution is 0.0534. The van der Waals surface area contributed by atoms with Crippen LogP contribution in [0.2, 0.25) is 0 Å². The van der Waals surface area contributed by atoms with Crippen molar-refractivity contribution in [2.75, 3.05) is 13.2 Å². The number of carbonyl (C=O) groups excluding carboxylic acids is 2. The van der Waals surface area contributed by atoms with E-state index in [0.29, 0.717) is 11.4 Å². The molecule has 2 heterocycles. The van der Waals surface area contributed by atoms with Crippen LogP contribution in [-0.4, -0.2) is 35.1 Å². The summed E-state index contributed by atoms with van der Waals surface area (Å²) in [7, 11) is 0. The molecule has 0 aromatic carbocycles. The van der Waals surface area contributed by atoms with Crippen LogP contribution in [0.1, 0.15) is 69.5 Å². The van der Waals surface area contributed by atoms with Gasteiger partial charge < -0.3 is 9.47 Å². The van der Waals surface area contributed by atoms with Crippen LogP contribution >= 0.6 is 22.7 Å². The van der Waals surface area contributed by atoms with Gasteiger partial charge in [0.2, 0.25) is 0 Å². The van der Waals surface area contributed by atoms with Crippen LogP contribution in [0, 0.1) is 0 Å². The fourth-order valence-corrected chi connectivity index (χ4v) is 4.34. The molecule has 162 valence electrons. The SMILES string of the molecule is C=CCOC(=O)c1csc(CCCCCCCCc2nc(C(=O)OCC=C)cs2)n1. The van der Waals surface area contributed by atoms with Gasteiger partial charge in [-0.2, -0.15) is 0 Å². The minimum atomic E-state index is -0.390. The molecular weight excluding hydrogens is 420 g/mol. The molecule has 6 nitrogen and oxygen atoms in total. The van der Waals surface area contributed by atoms with Crippen molar-refractivity contribution in [2.24, 2.45) is 0 Å². The number of hydrogen-bond acceptors (Lipinski definition) is 8. The predicted octanol–water partition coefficient (Wildman–Crippen LogP) is 5.41. The Labute approximate surface area is 185 Å². The highest BCUT2D eigenvalue weighted by Gasteiger charge is 2.12. The Morgan fingerprint density at radius 3 is 1.57 bits per heavy atom. The highest BCUT2D eigenvalue weighted by atomic mass is 32.1. The number of hydrogen-bond donors (Lipinski definition) is 0. The monoisotopic (exact) mass is 448 g/mol. The highest BCUT2D eigenvalue weighted by molar-refractivity contribution is 7.10. The van der Waals surface area contributed by atoms with E-state index in [1.807, 2.05) is 0 Å². The smallest absolute Gasteiger partial charge is 0.358 e. The first kappa shape index (κ1) is 24.0. The Bertz CT molecular complexity index is 760. The van der Waals surface area contributed by atoms with Gasteiger partial charge >= 0.3 is 11.9 Å². The first-order valence-corrected chi connectivity index (χ1v) is 11.8. The molecule has 0 spiro atoms. The lowest BCUT2D eigenvalue weighted by atomic mass is 10.1. The zero-order valence-electron chi connectivity index (χ0n) is 17.1. The molecule has 0 bridgehead atoms. The third kappa shape index (κ3) is 8.59. The van der Waals surface area contributed by atoms with Gasteiger partial charge in [-0.1, -0.05) is 51.0 Å². The normalized spacial score (nSPS) is 10.5. The third-order valence-electron chi connectivity index (χ3n) is 4.22. The number of unbranched alkanes of at least 4 members (excludes halogenated alkanes) is 5. The molecular formula is C22H28N2O4S2. The summed E-state index contributed by atoms with van der Waals surface area (Å²) in [5.41, 5.74) is 0.771. The molecule has 30 heavy (non-hydrogen) atoms. The van der Waals surface area contributed by atoms with E-state index in [1.165, 1.54) is 35.5 Å². The summed E-state index contributed by atoms with van der Waals surface area (Å²) in [5.74, 6) is -0.781. The molecule has 0 saturated carbocycles. The fourth-order valence-electron chi connectivity index (χ4n) is 2.72. The van der Waals surface area contributed by atoms with Crippen LogP contribution in [0.15, 0.2) is 36.1 Å². The average molecular weight is 449 g/mol. The van der Waals surface area contributed by atoms with Crippen LogP contribution in [0.4, 0.5) is 0 Å². The third-order valence-corrected chi connectivity index (χ3v) is 6.03. The molecule has 2 aromatic rings. The number of esters is 2. The second-order valence-electron chi connectivity index (χ2n) is 6.65. The van der Waals surface area contributed by atoms with E-state index in [9.17, 15) is 9.59 Å². The summed E-state index contributed by atoms with van der Waals surface area (Å²) in [5, 5.41) is 5.46. The Kier molecular flexibility index (Phi) is 11.0. The molecule has 0 amide bonds. The van der Waals surface area contributed by atoms with Crippen LogP contribution in [0.25, 0.3) is 0 Å². The van der Waals surface area contributed by atoms with Gasteiger partial charge in [0.15, 0.2) is 11.4 Å². The van der Waals surface area contributed by atoms with Crippen molar-refractivity contribution in [1.82, 2.24) is 9.97 Å². The van der Waals surface area contributed by atoms with Crippen molar-refractivity contribution in [1.29, 1.82) is 0 Å². The number of aryl methyl sites for hydroxylation is 2. The van der Waals surface area contributed by atoms with Crippen LogP contribution in [0.5, 0.6) is 0 Å². The Hall–Kier alpha value is -2.32. The van der Waals surface area contributed by atoms with E-state index < -0.39 is 11.9 Å². The summed E-state index contributed by atoms with van der Waals surface area (Å²) in [4.78, 5) is 32.1. The Morgan fingerprint density at radius 1 is 0.767 bits per heavy atom. The van der Waals surface area contributed by atoms with Gasteiger partial charge in [-0.25, -0.2) is 19.6 Å². The molecule has 0 aliphatic heterocycles. The van der Waals surface area contributed by atoms with Crippen molar-refractivity contribution in [3.8, 4) is 0 Å². The molecule has 0 N–H and O–H groups in total. The topological polar surface area (TPSA) is 78.4 Å². The van der Waals surface area contributed by atoms with Crippen molar-refractivity contribution >= 4 is 34.6 Å². The van der Waals surface area contributed by atoms with Gasteiger partial charge in [0, 0.05) is 10.8 Å². The standard InChI is InChI=1S/C22H28N2O4S2/c1-3-13-27-21(25)17-15-29-19(23-17)11-9-7-5-6-8-10-12-20-24-18(16-30-20)22(26)28-14-4-2/h3-4,15-16H,1-2,5-14H2. The van der Waals surface area contributed by atoms with Crippen LogP contribution in [-0.2, 0) is 22.3 Å². The first-order valence-electron chi connectivity index (χ1n) is 10.1. The van der Waals surface area contributed by atoms with Gasteiger partial charge in [0.1, 0.15) is 13.2 Å². The van der Waals surface area contributed by atoms with Crippen LogP contribution in [0.3, 0.4) is 0 Å². The van der Waals surface area contributed by atoms with E-state index >= 15 is 0 Å². The number of thiazole rings is 2. The number of rotatable bonds is 15. The number of aromatic nitrogens is 2. The molecule has 0 unspecified atom stereocenters. The largest absolute Gasteiger partial charge is 0.457 e. The Morgan fingerprint density at radius 2 is 1.17 bits per heavy atom. The molecule has 2 rings (SSSR count). The zero-order valence-corrected chi connectivity index (χ0v) is 18.8. The summed E-state index contributed by atoms with van der Waals surface area (Å²) < 4.78 is 9.98. The molecule has 8 heteroatoms. The lowest BCUT2D eigenvalue weighted by Gasteiger charge is -2.01. The molecule has 0 radical (unpaired) electrons. The fraction of sp³-hybridized carbons (Fsp3) is 0.455. The van der Waals surface area contributed by atoms with Crippen molar-refractivity contribution in [3.63, 3.8) is 0 Å².